The number of hydrogen-bond acceptors (Lipinski definition) is 5. The van der Waals surface area contributed by atoms with Gasteiger partial charge in [0.25, 0.3) is 0 Å². The molecule has 0 fully saturated rings. The molecular formula is C18H21NO4S. The number of thiophene rings is 1. The molecule has 0 bridgehead atoms. The van der Waals surface area contributed by atoms with E-state index in [0.29, 0.717) is 18.0 Å². The van der Waals surface area contributed by atoms with Crippen LogP contribution in [0.4, 0.5) is 0 Å². The lowest BCUT2D eigenvalue weighted by atomic mass is 10.2. The first kappa shape index (κ1) is 18.0. The summed E-state index contributed by atoms with van der Waals surface area (Å²) in [4.78, 5) is 26.2. The molecule has 1 aromatic carbocycles. The van der Waals surface area contributed by atoms with Crippen LogP contribution in [0.5, 0.6) is 11.5 Å². The van der Waals surface area contributed by atoms with Crippen molar-refractivity contribution in [2.45, 2.75) is 12.8 Å². The van der Waals surface area contributed by atoms with Crippen molar-refractivity contribution < 1.29 is 19.1 Å². The number of nitrogens with zero attached hydrogens (tertiary/aromatic N) is 1. The van der Waals surface area contributed by atoms with Gasteiger partial charge in [0.15, 0.2) is 5.78 Å². The number of carbonyl (C=O) groups is 2. The van der Waals surface area contributed by atoms with Crippen molar-refractivity contribution in [1.29, 1.82) is 0 Å². The SMILES string of the molecule is COc1ccc(OCCN(C)C(=O)CCC(=O)c2cccs2)cc1. The minimum Gasteiger partial charge on any atom is -0.497 e. The van der Waals surface area contributed by atoms with E-state index < -0.39 is 0 Å². The van der Waals surface area contributed by atoms with E-state index in [4.69, 9.17) is 9.47 Å². The van der Waals surface area contributed by atoms with Crippen LogP contribution in [0.15, 0.2) is 41.8 Å². The Labute approximate surface area is 145 Å². The van der Waals surface area contributed by atoms with Gasteiger partial charge < -0.3 is 14.4 Å². The van der Waals surface area contributed by atoms with Crippen LogP contribution in [0.1, 0.15) is 22.5 Å². The van der Waals surface area contributed by atoms with Crippen molar-refractivity contribution in [2.75, 3.05) is 27.3 Å². The molecule has 1 heterocycles. The van der Waals surface area contributed by atoms with E-state index in [1.165, 1.54) is 11.3 Å². The van der Waals surface area contributed by atoms with Crippen LogP contribution < -0.4 is 9.47 Å². The molecule has 6 heteroatoms. The first-order valence-electron chi connectivity index (χ1n) is 7.67. The lowest BCUT2D eigenvalue weighted by molar-refractivity contribution is -0.130. The lowest BCUT2D eigenvalue weighted by Crippen LogP contribution is -2.31. The van der Waals surface area contributed by atoms with Gasteiger partial charge in [-0.3, -0.25) is 9.59 Å². The topological polar surface area (TPSA) is 55.8 Å². The molecule has 0 atom stereocenters. The second-order valence-corrected chi connectivity index (χ2v) is 6.19. The highest BCUT2D eigenvalue weighted by Gasteiger charge is 2.13. The van der Waals surface area contributed by atoms with Crippen LogP contribution in [-0.4, -0.2) is 43.9 Å². The normalized spacial score (nSPS) is 10.2. The van der Waals surface area contributed by atoms with Gasteiger partial charge in [-0.1, -0.05) is 6.07 Å². The molecule has 24 heavy (non-hydrogen) atoms. The van der Waals surface area contributed by atoms with Crippen LogP contribution in [0.25, 0.3) is 0 Å². The molecule has 0 aliphatic carbocycles. The Hall–Kier alpha value is -2.34. The summed E-state index contributed by atoms with van der Waals surface area (Å²) >= 11 is 1.40. The maximum atomic E-state index is 12.0. The summed E-state index contributed by atoms with van der Waals surface area (Å²) < 4.78 is 10.7. The molecule has 0 radical (unpaired) electrons. The fourth-order valence-corrected chi connectivity index (χ4v) is 2.76. The van der Waals surface area contributed by atoms with E-state index in [2.05, 4.69) is 0 Å². The van der Waals surface area contributed by atoms with Crippen LogP contribution in [0.3, 0.4) is 0 Å². The highest BCUT2D eigenvalue weighted by Crippen LogP contribution is 2.17. The number of carbonyl (C=O) groups excluding carboxylic acids is 2. The number of hydrogen-bond donors (Lipinski definition) is 0. The maximum Gasteiger partial charge on any atom is 0.222 e. The van der Waals surface area contributed by atoms with E-state index in [1.54, 1.807) is 25.1 Å². The van der Waals surface area contributed by atoms with Crippen molar-refractivity contribution in [2.24, 2.45) is 0 Å². The Bertz CT molecular complexity index is 652. The molecule has 0 N–H and O–H groups in total. The van der Waals surface area contributed by atoms with Crippen molar-refractivity contribution >= 4 is 23.0 Å². The predicted octanol–water partition coefficient (Wildman–Crippen LogP) is 3.26. The van der Waals surface area contributed by atoms with Crippen molar-refractivity contribution in [3.05, 3.63) is 46.7 Å². The van der Waals surface area contributed by atoms with Crippen LogP contribution in [0, 0.1) is 0 Å². The van der Waals surface area contributed by atoms with Gasteiger partial charge in [-0.25, -0.2) is 0 Å². The number of ether oxygens (including phenoxy) is 2. The molecule has 0 saturated heterocycles. The van der Waals surface area contributed by atoms with Crippen LogP contribution >= 0.6 is 11.3 Å². The minimum absolute atomic E-state index is 0.0150. The summed E-state index contributed by atoms with van der Waals surface area (Å²) in [6.07, 6.45) is 0.457. The summed E-state index contributed by atoms with van der Waals surface area (Å²) in [5, 5.41) is 1.86. The molecule has 0 aliphatic heterocycles. The van der Waals surface area contributed by atoms with Gasteiger partial charge in [-0.05, 0) is 35.7 Å². The second-order valence-electron chi connectivity index (χ2n) is 5.24. The monoisotopic (exact) mass is 347 g/mol. The molecule has 1 aromatic heterocycles. The number of Topliss-reactive ketones (excluding diaryl/α,β-unsaturated/α-hetero) is 1. The first-order chi connectivity index (χ1) is 11.6. The number of rotatable bonds is 9. The van der Waals surface area contributed by atoms with Gasteiger partial charge in [0.05, 0.1) is 18.5 Å². The predicted molar refractivity (Wildman–Crippen MR) is 94.0 cm³/mol. The smallest absolute Gasteiger partial charge is 0.222 e. The average molecular weight is 347 g/mol. The maximum absolute atomic E-state index is 12.0. The molecule has 0 saturated carbocycles. The van der Waals surface area contributed by atoms with Gasteiger partial charge in [-0.15, -0.1) is 11.3 Å². The van der Waals surface area contributed by atoms with Crippen molar-refractivity contribution in [3.8, 4) is 11.5 Å². The van der Waals surface area contributed by atoms with Crippen LogP contribution in [0.2, 0.25) is 0 Å². The highest BCUT2D eigenvalue weighted by molar-refractivity contribution is 7.12. The first-order valence-corrected chi connectivity index (χ1v) is 8.55. The third kappa shape index (κ3) is 5.38. The van der Waals surface area contributed by atoms with Gasteiger partial charge in [-0.2, -0.15) is 0 Å². The van der Waals surface area contributed by atoms with E-state index in [9.17, 15) is 9.59 Å². The van der Waals surface area contributed by atoms with E-state index >= 15 is 0 Å². The molecule has 2 aromatic rings. The number of likely N-dealkylation sites (N-methyl/N-ethyl adjacent to an activating group) is 1. The Morgan fingerprint density at radius 1 is 1.08 bits per heavy atom. The molecule has 0 spiro atoms. The number of benzene rings is 1. The molecule has 128 valence electrons. The van der Waals surface area contributed by atoms with E-state index in [1.807, 2.05) is 35.7 Å². The summed E-state index contributed by atoms with van der Waals surface area (Å²) in [7, 11) is 3.33. The number of amides is 1. The Balaban J connectivity index is 1.68. The molecule has 5 nitrogen and oxygen atoms in total. The Morgan fingerprint density at radius 3 is 2.42 bits per heavy atom. The highest BCUT2D eigenvalue weighted by atomic mass is 32.1. The van der Waals surface area contributed by atoms with Crippen molar-refractivity contribution in [3.63, 3.8) is 0 Å². The fourth-order valence-electron chi connectivity index (χ4n) is 2.07. The Morgan fingerprint density at radius 2 is 1.79 bits per heavy atom. The van der Waals surface area contributed by atoms with Gasteiger partial charge in [0, 0.05) is 19.9 Å². The fraction of sp³-hybridized carbons (Fsp3) is 0.333. The quantitative estimate of drug-likeness (QED) is 0.653. The average Bonchev–Trinajstić information content (AvgIpc) is 3.14. The molecular weight excluding hydrogens is 326 g/mol. The van der Waals surface area contributed by atoms with Crippen molar-refractivity contribution in [1.82, 2.24) is 4.90 Å². The van der Waals surface area contributed by atoms with Crippen LogP contribution in [-0.2, 0) is 4.79 Å². The third-order valence-electron chi connectivity index (χ3n) is 3.54. The van der Waals surface area contributed by atoms with Gasteiger partial charge in [0.1, 0.15) is 18.1 Å². The largest absolute Gasteiger partial charge is 0.497 e. The third-order valence-corrected chi connectivity index (χ3v) is 4.45. The van der Waals surface area contributed by atoms with Gasteiger partial charge in [0.2, 0.25) is 5.91 Å². The summed E-state index contributed by atoms with van der Waals surface area (Å²) in [5.41, 5.74) is 0. The zero-order chi connectivity index (χ0) is 17.4. The van der Waals surface area contributed by atoms with Gasteiger partial charge >= 0.3 is 0 Å². The summed E-state index contributed by atoms with van der Waals surface area (Å²) in [6, 6.07) is 10.9. The number of methoxy groups -OCH3 is 1. The zero-order valence-corrected chi connectivity index (χ0v) is 14.7. The summed E-state index contributed by atoms with van der Waals surface area (Å²) in [5.74, 6) is 1.45. The lowest BCUT2D eigenvalue weighted by Gasteiger charge is -2.17. The number of ketones is 1. The minimum atomic E-state index is -0.0572. The van der Waals surface area contributed by atoms with E-state index in [-0.39, 0.29) is 24.5 Å². The second kappa shape index (κ2) is 9.08. The molecule has 0 aliphatic rings. The molecule has 1 amide bonds. The molecule has 2 rings (SSSR count). The standard InChI is InChI=1S/C18H21NO4S/c1-19(11-12-23-15-7-5-14(22-2)6-8-15)18(21)10-9-16(20)17-4-3-13-24-17/h3-8,13H,9-12H2,1-2H3. The summed E-state index contributed by atoms with van der Waals surface area (Å²) in [6.45, 7) is 0.867. The van der Waals surface area contributed by atoms with E-state index in [0.717, 1.165) is 11.5 Å². The molecule has 0 unspecified atom stereocenters. The Kier molecular flexibility index (Phi) is 6.81. The zero-order valence-electron chi connectivity index (χ0n) is 13.9.